The lowest BCUT2D eigenvalue weighted by molar-refractivity contribution is 0.0492. The predicted molar refractivity (Wildman–Crippen MR) is 122 cm³/mol. The summed E-state index contributed by atoms with van der Waals surface area (Å²) < 4.78 is 36.5. The van der Waals surface area contributed by atoms with Crippen LogP contribution in [0.2, 0.25) is 0 Å². The molecule has 0 N–H and O–H groups in total. The number of nitrogens with zero attached hydrogens (tertiary/aromatic N) is 2. The van der Waals surface area contributed by atoms with Gasteiger partial charge in [-0.25, -0.2) is 4.79 Å². The van der Waals surface area contributed by atoms with Crippen molar-refractivity contribution in [3.63, 3.8) is 0 Å². The van der Waals surface area contributed by atoms with Crippen LogP contribution in [0.3, 0.4) is 0 Å². The number of ether oxygens (including phenoxy) is 1. The molecule has 4 aromatic rings. The first kappa shape index (κ1) is 21.7. The molecule has 2 aromatic carbocycles. The van der Waals surface area contributed by atoms with E-state index in [9.17, 15) is 13.6 Å². The van der Waals surface area contributed by atoms with Crippen molar-refractivity contribution in [3.05, 3.63) is 89.8 Å². The molecule has 0 aliphatic carbocycles. The Bertz CT molecular complexity index is 1310. The number of benzene rings is 2. The zero-order chi connectivity index (χ0) is 22.7. The third kappa shape index (κ3) is 4.26. The maximum atomic E-state index is 14.6. The van der Waals surface area contributed by atoms with Gasteiger partial charge in [-0.3, -0.25) is 4.98 Å². The van der Waals surface area contributed by atoms with Gasteiger partial charge in [-0.05, 0) is 61.4 Å². The minimum absolute atomic E-state index is 0.141. The first-order chi connectivity index (χ1) is 15.4. The quantitative estimate of drug-likeness (QED) is 0.247. The number of rotatable bonds is 7. The van der Waals surface area contributed by atoms with E-state index in [4.69, 9.17) is 4.74 Å². The molecule has 0 fully saturated rings. The number of allylic oxidation sites excluding steroid dienone is 2. The molecule has 2 heterocycles. The molecule has 0 aliphatic rings. The van der Waals surface area contributed by atoms with Crippen molar-refractivity contribution in [2.75, 3.05) is 6.61 Å². The summed E-state index contributed by atoms with van der Waals surface area (Å²) in [5, 5.41) is 1.58. The molecule has 0 unspecified atom stereocenters. The molecular weight excluding hydrogens is 410 g/mol. The number of carbonyl (C=O) groups excluding carboxylic acids is 1. The summed E-state index contributed by atoms with van der Waals surface area (Å²) in [5.74, 6) is -3.78. The van der Waals surface area contributed by atoms with Crippen molar-refractivity contribution >= 4 is 27.8 Å². The summed E-state index contributed by atoms with van der Waals surface area (Å²) in [6.45, 7) is 4.14. The van der Waals surface area contributed by atoms with E-state index in [1.807, 2.05) is 48.0 Å². The van der Waals surface area contributed by atoms with Crippen molar-refractivity contribution in [3.8, 4) is 0 Å². The van der Waals surface area contributed by atoms with E-state index < -0.39 is 11.9 Å². The molecule has 0 bridgehead atoms. The fraction of sp³-hybridized carbons (Fsp3) is 0.231. The van der Waals surface area contributed by atoms with Crippen LogP contribution in [0.25, 0.3) is 21.8 Å². The highest BCUT2D eigenvalue weighted by Crippen LogP contribution is 2.34. The monoisotopic (exact) mass is 434 g/mol. The molecule has 4 nitrogen and oxygen atoms in total. The highest BCUT2D eigenvalue weighted by Gasteiger charge is 2.30. The third-order valence-electron chi connectivity index (χ3n) is 5.30. The Hall–Kier alpha value is -3.54. The summed E-state index contributed by atoms with van der Waals surface area (Å²) in [6, 6.07) is 14.3. The second-order valence-electron chi connectivity index (χ2n) is 7.69. The second kappa shape index (κ2) is 8.91. The van der Waals surface area contributed by atoms with E-state index in [-0.39, 0.29) is 17.7 Å². The minimum Gasteiger partial charge on any atom is -0.462 e. The van der Waals surface area contributed by atoms with E-state index in [1.165, 1.54) is 18.2 Å². The first-order valence-electron chi connectivity index (χ1n) is 10.6. The van der Waals surface area contributed by atoms with Gasteiger partial charge in [0.1, 0.15) is 0 Å². The summed E-state index contributed by atoms with van der Waals surface area (Å²) in [7, 11) is 0. The zero-order valence-electron chi connectivity index (χ0n) is 18.0. The van der Waals surface area contributed by atoms with Crippen molar-refractivity contribution in [2.45, 2.75) is 32.7 Å². The number of esters is 1. The lowest BCUT2D eigenvalue weighted by atomic mass is 10.0. The normalized spacial score (nSPS) is 12.1. The van der Waals surface area contributed by atoms with Crippen LogP contribution in [0, 0.1) is 0 Å². The van der Waals surface area contributed by atoms with Crippen LogP contribution in [0.4, 0.5) is 8.78 Å². The average molecular weight is 434 g/mol. The van der Waals surface area contributed by atoms with Crippen LogP contribution in [0.1, 0.15) is 41.8 Å². The SMILES string of the molecule is C/C=C/C(F)(F)c1cc(C(=O)OCCC)c2c(ccn2Cc2ccc3ncccc3c2)c1. The fourth-order valence-corrected chi connectivity index (χ4v) is 3.83. The summed E-state index contributed by atoms with van der Waals surface area (Å²) >= 11 is 0. The molecule has 0 amide bonds. The molecule has 32 heavy (non-hydrogen) atoms. The van der Waals surface area contributed by atoms with Gasteiger partial charge < -0.3 is 9.30 Å². The highest BCUT2D eigenvalue weighted by molar-refractivity contribution is 6.04. The molecule has 0 aliphatic heterocycles. The molecule has 0 spiro atoms. The second-order valence-corrected chi connectivity index (χ2v) is 7.69. The van der Waals surface area contributed by atoms with Gasteiger partial charge in [0, 0.05) is 35.3 Å². The van der Waals surface area contributed by atoms with E-state index >= 15 is 0 Å². The Labute approximate surface area is 185 Å². The summed E-state index contributed by atoms with van der Waals surface area (Å²) in [6.07, 6.45) is 6.34. The standard InChI is InChI=1S/C26H24F2N2O2/c1-3-10-26(27,28)21-15-20-9-12-30(24(20)22(16-21)25(31)32-13-4-2)17-18-7-8-23-19(14-18)6-5-11-29-23/h3,5-12,14-16H,4,13,17H2,1-2H3/b10-3+. The first-order valence-corrected chi connectivity index (χ1v) is 10.6. The number of pyridine rings is 1. The number of alkyl halides is 2. The van der Waals surface area contributed by atoms with Crippen LogP contribution >= 0.6 is 0 Å². The van der Waals surface area contributed by atoms with Gasteiger partial charge in [0.15, 0.2) is 0 Å². The fourth-order valence-electron chi connectivity index (χ4n) is 3.83. The molecule has 0 atom stereocenters. The Morgan fingerprint density at radius 1 is 1.16 bits per heavy atom. The molecular formula is C26H24F2N2O2. The van der Waals surface area contributed by atoms with Gasteiger partial charge in [-0.1, -0.05) is 25.1 Å². The predicted octanol–water partition coefficient (Wildman–Crippen LogP) is 6.47. The van der Waals surface area contributed by atoms with Crippen molar-refractivity contribution in [1.82, 2.24) is 9.55 Å². The Morgan fingerprint density at radius 2 is 2.00 bits per heavy atom. The van der Waals surface area contributed by atoms with E-state index in [2.05, 4.69) is 4.98 Å². The Balaban J connectivity index is 1.81. The number of hydrogen-bond acceptors (Lipinski definition) is 3. The van der Waals surface area contributed by atoms with Crippen LogP contribution < -0.4 is 0 Å². The van der Waals surface area contributed by atoms with Crippen molar-refractivity contribution in [1.29, 1.82) is 0 Å². The lowest BCUT2D eigenvalue weighted by Crippen LogP contribution is -2.14. The number of fused-ring (bicyclic) bond motifs is 2. The van der Waals surface area contributed by atoms with Crippen molar-refractivity contribution < 1.29 is 18.3 Å². The zero-order valence-corrected chi connectivity index (χ0v) is 18.0. The van der Waals surface area contributed by atoms with Gasteiger partial charge in [0.05, 0.1) is 23.2 Å². The van der Waals surface area contributed by atoms with E-state index in [0.29, 0.717) is 23.9 Å². The van der Waals surface area contributed by atoms with Gasteiger partial charge in [0.2, 0.25) is 0 Å². The maximum absolute atomic E-state index is 14.6. The van der Waals surface area contributed by atoms with E-state index in [0.717, 1.165) is 22.5 Å². The molecule has 0 saturated heterocycles. The highest BCUT2D eigenvalue weighted by atomic mass is 19.3. The Morgan fingerprint density at radius 3 is 2.78 bits per heavy atom. The van der Waals surface area contributed by atoms with Gasteiger partial charge in [-0.15, -0.1) is 0 Å². The largest absolute Gasteiger partial charge is 0.462 e. The number of carbonyl (C=O) groups is 1. The Kier molecular flexibility index (Phi) is 6.04. The van der Waals surface area contributed by atoms with Crippen LogP contribution in [0.15, 0.2) is 73.1 Å². The molecule has 164 valence electrons. The van der Waals surface area contributed by atoms with Gasteiger partial charge in [-0.2, -0.15) is 8.78 Å². The van der Waals surface area contributed by atoms with Crippen molar-refractivity contribution in [2.24, 2.45) is 0 Å². The van der Waals surface area contributed by atoms with Gasteiger partial charge in [0.25, 0.3) is 5.92 Å². The number of halogens is 2. The van der Waals surface area contributed by atoms with Crippen LogP contribution in [-0.2, 0) is 17.2 Å². The number of hydrogen-bond donors (Lipinski definition) is 0. The third-order valence-corrected chi connectivity index (χ3v) is 5.30. The molecule has 0 saturated carbocycles. The molecule has 4 rings (SSSR count). The van der Waals surface area contributed by atoms with Crippen LogP contribution in [-0.4, -0.2) is 22.1 Å². The average Bonchev–Trinajstić information content (AvgIpc) is 3.19. The summed E-state index contributed by atoms with van der Waals surface area (Å²) in [4.78, 5) is 17.2. The molecule has 0 radical (unpaired) electrons. The number of aromatic nitrogens is 2. The smallest absolute Gasteiger partial charge is 0.340 e. The topological polar surface area (TPSA) is 44.1 Å². The van der Waals surface area contributed by atoms with E-state index in [1.54, 1.807) is 19.2 Å². The lowest BCUT2D eigenvalue weighted by Gasteiger charge is -2.16. The summed E-state index contributed by atoms with van der Waals surface area (Å²) in [5.41, 5.74) is 2.40. The van der Waals surface area contributed by atoms with Gasteiger partial charge >= 0.3 is 5.97 Å². The molecule has 2 aromatic heterocycles. The minimum atomic E-state index is -3.18. The maximum Gasteiger partial charge on any atom is 0.340 e. The van der Waals surface area contributed by atoms with Crippen LogP contribution in [0.5, 0.6) is 0 Å². The molecule has 6 heteroatoms.